The summed E-state index contributed by atoms with van der Waals surface area (Å²) in [5, 5.41) is 7.13. The Morgan fingerprint density at radius 1 is 0.708 bits per heavy atom. The summed E-state index contributed by atoms with van der Waals surface area (Å²) < 4.78 is 6.11. The molecule has 2 atom stereocenters. The van der Waals surface area contributed by atoms with Gasteiger partial charge in [0, 0.05) is 10.8 Å². The molecule has 0 saturated carbocycles. The molecule has 2 unspecified atom stereocenters. The Balaban J connectivity index is 1.55. The maximum Gasteiger partial charge on any atom is 0.138 e. The molecule has 0 spiro atoms. The third kappa shape index (κ3) is 2.12. The number of fused-ring (bicyclic) bond motifs is 3. The molecule has 1 aliphatic heterocycles. The van der Waals surface area contributed by atoms with E-state index < -0.39 is 0 Å². The predicted octanol–water partition coefficient (Wildman–Crippen LogP) is 4.76. The topological polar surface area (TPSA) is 51.3 Å². The monoisotopic (exact) mass is 314 g/mol. The van der Waals surface area contributed by atoms with E-state index in [2.05, 4.69) is 47.2 Å². The van der Waals surface area contributed by atoms with Gasteiger partial charge in [-0.3, -0.25) is 10.9 Å². The first-order chi connectivity index (χ1) is 11.9. The average molecular weight is 314 g/mol. The first-order valence-corrected chi connectivity index (χ1v) is 8.06. The third-order valence-electron chi connectivity index (χ3n) is 4.50. The van der Waals surface area contributed by atoms with Crippen molar-refractivity contribution in [2.75, 3.05) is 0 Å². The second-order valence-electron chi connectivity index (χ2n) is 5.98. The second-order valence-corrected chi connectivity index (χ2v) is 5.98. The van der Waals surface area contributed by atoms with Crippen molar-refractivity contribution in [2.24, 2.45) is 0 Å². The highest BCUT2D eigenvalue weighted by molar-refractivity contribution is 6.05. The molecular formula is C20H16N3O-. The molecule has 4 aromatic rings. The Hall–Kier alpha value is -2.66. The number of hydrogen-bond acceptors (Lipinski definition) is 3. The van der Waals surface area contributed by atoms with Gasteiger partial charge in [-0.15, -0.1) is 0 Å². The average Bonchev–Trinajstić information content (AvgIpc) is 3.27. The fourth-order valence-electron chi connectivity index (χ4n) is 3.33. The first kappa shape index (κ1) is 13.7. The van der Waals surface area contributed by atoms with Gasteiger partial charge < -0.3 is 9.73 Å². The summed E-state index contributed by atoms with van der Waals surface area (Å²) in [5.74, 6) is 0. The molecule has 3 aromatic carbocycles. The Morgan fingerprint density at radius 3 is 2.38 bits per heavy atom. The molecule has 1 aliphatic rings. The Labute approximate surface area is 139 Å². The Morgan fingerprint density at radius 2 is 1.46 bits per heavy atom. The molecule has 0 amide bonds. The number of para-hydroxylation sites is 2. The Bertz CT molecular complexity index is 1010. The normalized spacial score (nSPS) is 20.8. The minimum absolute atomic E-state index is 0.0594. The largest absolute Gasteiger partial charge is 0.622 e. The van der Waals surface area contributed by atoms with Crippen LogP contribution in [0.4, 0.5) is 0 Å². The van der Waals surface area contributed by atoms with Crippen LogP contribution in [0.2, 0.25) is 0 Å². The van der Waals surface area contributed by atoms with Crippen LogP contribution in [0, 0.1) is 0 Å². The molecule has 118 valence electrons. The van der Waals surface area contributed by atoms with Crippen molar-refractivity contribution < 1.29 is 4.42 Å². The van der Waals surface area contributed by atoms with E-state index in [1.54, 1.807) is 0 Å². The van der Waals surface area contributed by atoms with E-state index in [0.717, 1.165) is 33.1 Å². The molecule has 2 heterocycles. The van der Waals surface area contributed by atoms with Crippen molar-refractivity contribution in [3.8, 4) is 0 Å². The fourth-order valence-corrected chi connectivity index (χ4v) is 3.33. The quantitative estimate of drug-likeness (QED) is 0.560. The van der Waals surface area contributed by atoms with Crippen LogP contribution in [0.15, 0.2) is 77.2 Å². The molecular weight excluding hydrogens is 298 g/mol. The van der Waals surface area contributed by atoms with Gasteiger partial charge in [-0.25, -0.2) is 0 Å². The summed E-state index contributed by atoms with van der Waals surface area (Å²) in [7, 11) is 0. The van der Waals surface area contributed by atoms with E-state index in [9.17, 15) is 0 Å². The first-order valence-electron chi connectivity index (χ1n) is 8.06. The van der Waals surface area contributed by atoms with Gasteiger partial charge in [0.05, 0.1) is 0 Å². The van der Waals surface area contributed by atoms with Gasteiger partial charge in [-0.1, -0.05) is 72.3 Å². The lowest BCUT2D eigenvalue weighted by molar-refractivity contribution is 0.551. The lowest BCUT2D eigenvalue weighted by Crippen LogP contribution is -2.26. The number of benzene rings is 3. The van der Waals surface area contributed by atoms with Gasteiger partial charge in [0.2, 0.25) is 0 Å². The van der Waals surface area contributed by atoms with Crippen LogP contribution >= 0.6 is 0 Å². The summed E-state index contributed by atoms with van der Waals surface area (Å²) in [6.07, 6.45) is -0.199. The van der Waals surface area contributed by atoms with Crippen molar-refractivity contribution in [3.05, 3.63) is 89.2 Å². The summed E-state index contributed by atoms with van der Waals surface area (Å²) in [6, 6.07) is 24.6. The lowest BCUT2D eigenvalue weighted by atomic mass is 10.1. The van der Waals surface area contributed by atoms with E-state index in [-0.39, 0.29) is 12.3 Å². The maximum atomic E-state index is 6.11. The molecule has 2 N–H and O–H groups in total. The number of hydrazine groups is 1. The highest BCUT2D eigenvalue weighted by atomic mass is 16.3. The van der Waals surface area contributed by atoms with Crippen molar-refractivity contribution in [1.82, 2.24) is 10.9 Å². The van der Waals surface area contributed by atoms with Crippen LogP contribution in [-0.4, -0.2) is 0 Å². The maximum absolute atomic E-state index is 6.11. The smallest absolute Gasteiger partial charge is 0.138 e. The van der Waals surface area contributed by atoms with E-state index in [0.29, 0.717) is 0 Å². The van der Waals surface area contributed by atoms with Crippen LogP contribution in [0.25, 0.3) is 27.3 Å². The van der Waals surface area contributed by atoms with Crippen molar-refractivity contribution in [3.63, 3.8) is 0 Å². The van der Waals surface area contributed by atoms with E-state index >= 15 is 0 Å². The summed E-state index contributed by atoms with van der Waals surface area (Å²) in [6.45, 7) is 0. The summed E-state index contributed by atoms with van der Waals surface area (Å²) in [4.78, 5) is 0. The van der Waals surface area contributed by atoms with Gasteiger partial charge in [0.25, 0.3) is 0 Å². The minimum Gasteiger partial charge on any atom is -0.622 e. The zero-order valence-corrected chi connectivity index (χ0v) is 12.9. The zero-order valence-electron chi connectivity index (χ0n) is 12.9. The van der Waals surface area contributed by atoms with E-state index in [1.807, 2.05) is 36.4 Å². The van der Waals surface area contributed by atoms with Gasteiger partial charge in [-0.05, 0) is 24.0 Å². The van der Waals surface area contributed by atoms with Crippen LogP contribution in [-0.2, 0) is 0 Å². The molecule has 0 radical (unpaired) electrons. The van der Waals surface area contributed by atoms with Crippen LogP contribution in [0.5, 0.6) is 0 Å². The third-order valence-corrected chi connectivity index (χ3v) is 4.50. The van der Waals surface area contributed by atoms with Crippen molar-refractivity contribution in [2.45, 2.75) is 12.3 Å². The summed E-state index contributed by atoms with van der Waals surface area (Å²) >= 11 is 0. The molecule has 24 heavy (non-hydrogen) atoms. The molecule has 1 aromatic heterocycles. The van der Waals surface area contributed by atoms with Gasteiger partial charge in [0.1, 0.15) is 11.2 Å². The number of nitrogens with one attached hydrogen (secondary N) is 2. The highest BCUT2D eigenvalue weighted by Crippen LogP contribution is 2.39. The zero-order chi connectivity index (χ0) is 15.9. The van der Waals surface area contributed by atoms with Gasteiger partial charge in [-0.2, -0.15) is 0 Å². The van der Waals surface area contributed by atoms with Crippen molar-refractivity contribution >= 4 is 21.9 Å². The number of rotatable bonds is 2. The fraction of sp³-hybridized carbons (Fsp3) is 0.100. The number of furan rings is 1. The second kappa shape index (κ2) is 5.46. The van der Waals surface area contributed by atoms with Gasteiger partial charge >= 0.3 is 0 Å². The molecule has 1 fully saturated rings. The van der Waals surface area contributed by atoms with Crippen LogP contribution in [0.1, 0.15) is 23.5 Å². The number of nitrogens with zero attached hydrogens (tertiary/aromatic N) is 1. The van der Waals surface area contributed by atoms with Crippen molar-refractivity contribution in [1.29, 1.82) is 0 Å². The Kier molecular flexibility index (Phi) is 3.13. The molecule has 4 nitrogen and oxygen atoms in total. The minimum atomic E-state index is -0.139. The number of hydrogen-bond donors (Lipinski definition) is 2. The summed E-state index contributed by atoms with van der Waals surface area (Å²) in [5.41, 5.74) is 10.5. The van der Waals surface area contributed by atoms with E-state index in [1.165, 1.54) is 0 Å². The SMILES string of the molecule is c1ccc(C2[N-]C(c3cccc4c3oc3ccccc34)NN2)cc1. The molecule has 0 bridgehead atoms. The van der Waals surface area contributed by atoms with Gasteiger partial charge in [0.15, 0.2) is 0 Å². The van der Waals surface area contributed by atoms with E-state index in [4.69, 9.17) is 9.73 Å². The predicted molar refractivity (Wildman–Crippen MR) is 95.3 cm³/mol. The highest BCUT2D eigenvalue weighted by Gasteiger charge is 2.18. The van der Waals surface area contributed by atoms with Crippen LogP contribution in [0.3, 0.4) is 0 Å². The molecule has 1 saturated heterocycles. The molecule has 5 rings (SSSR count). The molecule has 4 heteroatoms. The lowest BCUT2D eigenvalue weighted by Gasteiger charge is -2.27. The standard InChI is InChI=1S/C20H16N3O/c1-2-7-13(8-3-1)19-21-20(23-22-19)16-11-6-10-15-14-9-4-5-12-17(14)24-18(15)16/h1-12,19-20,22-23H/q-1. The van der Waals surface area contributed by atoms with Crippen LogP contribution < -0.4 is 10.9 Å². The molecule has 0 aliphatic carbocycles.